The Morgan fingerprint density at radius 2 is 1.26 bits per heavy atom. The highest BCUT2D eigenvalue weighted by atomic mass is 16.1. The summed E-state index contributed by atoms with van der Waals surface area (Å²) >= 11 is 0. The van der Waals surface area contributed by atoms with Gasteiger partial charge in [0.05, 0.1) is 0 Å². The van der Waals surface area contributed by atoms with E-state index in [4.69, 9.17) is 0 Å². The highest BCUT2D eigenvalue weighted by molar-refractivity contribution is 5.83. The zero-order valence-electron chi connectivity index (χ0n) is 22.2. The van der Waals surface area contributed by atoms with Gasteiger partial charge in [-0.05, 0) is 71.9 Å². The molecule has 184 valence electrons. The van der Waals surface area contributed by atoms with Gasteiger partial charge in [0.15, 0.2) is 0 Å². The number of ketones is 1. The number of aryl methyl sites for hydroxylation is 1. The van der Waals surface area contributed by atoms with Gasteiger partial charge in [-0.1, -0.05) is 68.0 Å². The second kappa shape index (κ2) is 12.4. The van der Waals surface area contributed by atoms with Gasteiger partial charge in [-0.3, -0.25) is 4.79 Å². The molecule has 0 bridgehead atoms. The Hall–Kier alpha value is -3.33. The maximum Gasteiger partial charge on any atom is 0.130 e. The molecule has 0 spiro atoms. The van der Waals surface area contributed by atoms with E-state index in [1.807, 2.05) is 0 Å². The molecule has 0 N–H and O–H groups in total. The van der Waals surface area contributed by atoms with Gasteiger partial charge in [0.1, 0.15) is 5.78 Å². The summed E-state index contributed by atoms with van der Waals surface area (Å²) in [4.78, 5) is 16.5. The first-order valence-corrected chi connectivity index (χ1v) is 12.6. The number of nitrogens with zero attached hydrogens (tertiary/aromatic N) is 2. The molecule has 0 aliphatic carbocycles. The van der Waals surface area contributed by atoms with Crippen molar-refractivity contribution in [1.29, 1.82) is 0 Å². The molecule has 0 fully saturated rings. The van der Waals surface area contributed by atoms with Gasteiger partial charge >= 0.3 is 0 Å². The number of carbonyl (C=O) groups excluding carboxylic acids is 1. The van der Waals surface area contributed by atoms with E-state index in [0.29, 0.717) is 6.42 Å². The minimum absolute atomic E-state index is 0.0183. The third kappa shape index (κ3) is 7.32. The number of rotatable bonds is 11. The van der Waals surface area contributed by atoms with Crippen molar-refractivity contribution in [3.8, 4) is 0 Å². The molecule has 3 heteroatoms. The number of benzene rings is 3. The quantitative estimate of drug-likeness (QED) is 0.294. The van der Waals surface area contributed by atoms with Gasteiger partial charge in [-0.15, -0.1) is 0 Å². The predicted molar refractivity (Wildman–Crippen MR) is 152 cm³/mol. The lowest BCUT2D eigenvalue weighted by molar-refractivity contribution is -0.117. The number of hydrogen-bond donors (Lipinski definition) is 0. The summed E-state index contributed by atoms with van der Waals surface area (Å²) in [5.74, 6) is 0.219. The van der Waals surface area contributed by atoms with Crippen molar-refractivity contribution in [2.75, 3.05) is 38.0 Å². The average molecular weight is 469 g/mol. The van der Waals surface area contributed by atoms with Crippen molar-refractivity contribution in [3.63, 3.8) is 0 Å². The van der Waals surface area contributed by atoms with Crippen molar-refractivity contribution < 1.29 is 4.79 Å². The molecule has 3 aromatic rings. The number of unbranched alkanes of at least 4 members (excludes halogenated alkanes) is 1. The maximum absolute atomic E-state index is 12.3. The van der Waals surface area contributed by atoms with E-state index >= 15 is 0 Å². The summed E-state index contributed by atoms with van der Waals surface area (Å²) in [7, 11) is 8.22. The van der Waals surface area contributed by atoms with Crippen molar-refractivity contribution in [2.24, 2.45) is 0 Å². The molecule has 0 heterocycles. The van der Waals surface area contributed by atoms with Gasteiger partial charge in [0.25, 0.3) is 0 Å². The Bertz CT molecular complexity index is 1050. The molecular formula is C32H40N2O. The lowest BCUT2D eigenvalue weighted by atomic mass is 9.87. The zero-order valence-corrected chi connectivity index (χ0v) is 22.2. The molecule has 3 aromatic carbocycles. The predicted octanol–water partition coefficient (Wildman–Crippen LogP) is 7.36. The van der Waals surface area contributed by atoms with Crippen molar-refractivity contribution in [2.45, 2.75) is 45.4 Å². The van der Waals surface area contributed by atoms with Gasteiger partial charge < -0.3 is 9.80 Å². The van der Waals surface area contributed by atoms with Gasteiger partial charge in [-0.25, -0.2) is 0 Å². The van der Waals surface area contributed by atoms with E-state index in [9.17, 15) is 4.79 Å². The average Bonchev–Trinajstić information content (AvgIpc) is 2.85. The van der Waals surface area contributed by atoms with E-state index in [1.54, 1.807) is 6.92 Å². The third-order valence-corrected chi connectivity index (χ3v) is 6.49. The Kier molecular flexibility index (Phi) is 9.31. The molecule has 0 aliphatic heterocycles. The van der Waals surface area contributed by atoms with Gasteiger partial charge in [-0.2, -0.15) is 0 Å². The maximum atomic E-state index is 12.3. The van der Waals surface area contributed by atoms with Crippen molar-refractivity contribution >= 4 is 22.7 Å². The van der Waals surface area contributed by atoms with E-state index in [1.165, 1.54) is 35.3 Å². The minimum Gasteiger partial charge on any atom is -0.378 e. The largest absolute Gasteiger partial charge is 0.378 e. The number of hydrogen-bond acceptors (Lipinski definition) is 3. The van der Waals surface area contributed by atoms with Crippen LogP contribution in [0, 0.1) is 0 Å². The van der Waals surface area contributed by atoms with Crippen LogP contribution in [0.5, 0.6) is 0 Å². The summed E-state index contributed by atoms with van der Waals surface area (Å²) < 4.78 is 0. The lowest BCUT2D eigenvalue weighted by Crippen LogP contribution is -2.09. The molecule has 0 saturated heterocycles. The second-order valence-electron chi connectivity index (χ2n) is 9.82. The SMILES string of the molecule is CCCCc1ccc([C@@H](C=C(c2ccc(N(C)C)cc2)c2ccc(N(C)C)cc2)CC(C)=O)cc1. The third-order valence-electron chi connectivity index (χ3n) is 6.49. The Labute approximate surface area is 212 Å². The fourth-order valence-corrected chi connectivity index (χ4v) is 4.33. The van der Waals surface area contributed by atoms with E-state index in [2.05, 4.69) is 124 Å². The number of allylic oxidation sites excluding steroid dienone is 1. The first kappa shape index (κ1) is 26.3. The Morgan fingerprint density at radius 3 is 1.66 bits per heavy atom. The summed E-state index contributed by atoms with van der Waals surface area (Å²) in [6.45, 7) is 3.91. The topological polar surface area (TPSA) is 23.6 Å². The smallest absolute Gasteiger partial charge is 0.130 e. The van der Waals surface area contributed by atoms with Crippen LogP contribution in [0.2, 0.25) is 0 Å². The summed E-state index contributed by atoms with van der Waals surface area (Å²) in [6.07, 6.45) is 6.28. The number of Topliss-reactive ketones (excluding diaryl/α,β-unsaturated/α-hetero) is 1. The van der Waals surface area contributed by atoms with Crippen molar-refractivity contribution in [1.82, 2.24) is 0 Å². The van der Waals surface area contributed by atoms with E-state index in [-0.39, 0.29) is 11.7 Å². The van der Waals surface area contributed by atoms with Crippen LogP contribution in [0.1, 0.15) is 61.3 Å². The van der Waals surface area contributed by atoms with Crippen LogP contribution in [-0.4, -0.2) is 34.0 Å². The molecule has 0 radical (unpaired) electrons. The second-order valence-corrected chi connectivity index (χ2v) is 9.82. The van der Waals surface area contributed by atoms with Crippen LogP contribution in [0.3, 0.4) is 0 Å². The molecule has 0 amide bonds. The van der Waals surface area contributed by atoms with Crippen LogP contribution in [0.15, 0.2) is 78.9 Å². The van der Waals surface area contributed by atoms with Gasteiger partial charge in [0, 0.05) is 51.9 Å². The van der Waals surface area contributed by atoms with Crippen LogP contribution in [-0.2, 0) is 11.2 Å². The number of carbonyl (C=O) groups is 1. The van der Waals surface area contributed by atoms with Crippen LogP contribution in [0.4, 0.5) is 11.4 Å². The highest BCUT2D eigenvalue weighted by Crippen LogP contribution is 2.32. The normalized spacial score (nSPS) is 11.6. The lowest BCUT2D eigenvalue weighted by Gasteiger charge is -2.19. The molecule has 3 nitrogen and oxygen atoms in total. The number of anilines is 2. The van der Waals surface area contributed by atoms with E-state index in [0.717, 1.165) is 23.1 Å². The van der Waals surface area contributed by atoms with Crippen molar-refractivity contribution in [3.05, 3.63) is 101 Å². The first-order chi connectivity index (χ1) is 16.8. The molecule has 0 unspecified atom stereocenters. The van der Waals surface area contributed by atoms with Gasteiger partial charge in [0.2, 0.25) is 0 Å². The molecule has 0 aromatic heterocycles. The monoisotopic (exact) mass is 468 g/mol. The molecule has 35 heavy (non-hydrogen) atoms. The summed E-state index contributed by atoms with van der Waals surface area (Å²) in [5.41, 5.74) is 8.34. The molecule has 3 rings (SSSR count). The first-order valence-electron chi connectivity index (χ1n) is 12.6. The Morgan fingerprint density at radius 1 is 0.771 bits per heavy atom. The zero-order chi connectivity index (χ0) is 25.4. The molecule has 1 atom stereocenters. The highest BCUT2D eigenvalue weighted by Gasteiger charge is 2.16. The summed E-state index contributed by atoms with van der Waals surface area (Å²) in [6, 6.07) is 26.2. The van der Waals surface area contributed by atoms with E-state index < -0.39 is 0 Å². The Balaban J connectivity index is 2.07. The van der Waals surface area contributed by atoms with Crippen LogP contribution < -0.4 is 9.80 Å². The fourth-order valence-electron chi connectivity index (χ4n) is 4.33. The summed E-state index contributed by atoms with van der Waals surface area (Å²) in [5, 5.41) is 0. The molecular weight excluding hydrogens is 428 g/mol. The standard InChI is InChI=1S/C32H40N2O/c1-7-8-9-25-10-12-26(13-11-25)29(22-24(2)35)23-32(27-14-18-30(19-15-27)33(3)4)28-16-20-31(21-17-28)34(5)6/h10-21,23,29H,7-9,22H2,1-6H3/t29-/m1/s1. The fraction of sp³-hybridized carbons (Fsp3) is 0.344. The molecule has 0 aliphatic rings. The minimum atomic E-state index is 0.0183. The van der Waals surface area contributed by atoms with Crippen LogP contribution in [0.25, 0.3) is 5.57 Å². The molecule has 0 saturated carbocycles. The van der Waals surface area contributed by atoms with Crippen LogP contribution >= 0.6 is 0 Å².